The van der Waals surface area contributed by atoms with Gasteiger partial charge in [-0.1, -0.05) is 12.1 Å². The molecule has 3 heterocycles. The summed E-state index contributed by atoms with van der Waals surface area (Å²) in [6, 6.07) is 13.8. The molecular formula is C24H28N3O4+. The summed E-state index contributed by atoms with van der Waals surface area (Å²) in [4.78, 5) is 29.2. The molecule has 1 saturated heterocycles. The van der Waals surface area contributed by atoms with Gasteiger partial charge in [-0.3, -0.25) is 14.5 Å². The summed E-state index contributed by atoms with van der Waals surface area (Å²) in [5, 5.41) is 2.93. The van der Waals surface area contributed by atoms with Crippen molar-refractivity contribution in [3.05, 3.63) is 48.0 Å². The number of para-hydroxylation sites is 2. The number of fused-ring (bicyclic) bond motifs is 2. The molecule has 0 radical (unpaired) electrons. The third-order valence-electron chi connectivity index (χ3n) is 6.59. The van der Waals surface area contributed by atoms with Gasteiger partial charge in [0.25, 0.3) is 5.91 Å². The standard InChI is InChI=1S/C24H27N3O4/c1-24(2)23(29)25-17-6-3-4-7-19(17)27(24)22(28)15-26-11-5-8-18(26)16-9-10-20-21(14-16)31-13-12-30-20/h3-4,6-7,9-10,14,18H,5,8,11-13,15H2,1-2H3,(H,25,29)/p+1/t18-/m1/s1. The molecule has 7 heteroatoms. The summed E-state index contributed by atoms with van der Waals surface area (Å²) >= 11 is 0. The van der Waals surface area contributed by atoms with Gasteiger partial charge in [-0.2, -0.15) is 0 Å². The van der Waals surface area contributed by atoms with E-state index in [9.17, 15) is 9.59 Å². The van der Waals surface area contributed by atoms with E-state index in [0.717, 1.165) is 36.6 Å². The average Bonchev–Trinajstić information content (AvgIpc) is 3.22. The zero-order valence-corrected chi connectivity index (χ0v) is 17.9. The van der Waals surface area contributed by atoms with Crippen LogP contribution >= 0.6 is 0 Å². The minimum atomic E-state index is -0.947. The molecule has 2 amide bonds. The van der Waals surface area contributed by atoms with E-state index in [4.69, 9.17) is 9.47 Å². The van der Waals surface area contributed by atoms with Crippen LogP contribution in [-0.4, -0.2) is 43.7 Å². The van der Waals surface area contributed by atoms with Gasteiger partial charge >= 0.3 is 0 Å². The van der Waals surface area contributed by atoms with Crippen LogP contribution in [0.15, 0.2) is 42.5 Å². The number of anilines is 2. The molecule has 3 aliphatic rings. The van der Waals surface area contributed by atoms with Crippen molar-refractivity contribution in [1.82, 2.24) is 0 Å². The van der Waals surface area contributed by atoms with Crippen LogP contribution in [0, 0.1) is 0 Å². The predicted molar refractivity (Wildman–Crippen MR) is 117 cm³/mol. The minimum absolute atomic E-state index is 0.0354. The Morgan fingerprint density at radius 1 is 1.16 bits per heavy atom. The van der Waals surface area contributed by atoms with Crippen LogP contribution in [0.4, 0.5) is 11.4 Å². The van der Waals surface area contributed by atoms with Gasteiger partial charge in [0.15, 0.2) is 18.0 Å². The number of carbonyl (C=O) groups is 2. The van der Waals surface area contributed by atoms with Crippen LogP contribution in [0.5, 0.6) is 11.5 Å². The number of rotatable bonds is 3. The molecule has 2 aromatic rings. The molecule has 1 unspecified atom stereocenters. The second-order valence-electron chi connectivity index (χ2n) is 8.94. The zero-order valence-electron chi connectivity index (χ0n) is 17.9. The smallest absolute Gasteiger partial charge is 0.283 e. The van der Waals surface area contributed by atoms with E-state index in [1.807, 2.05) is 30.3 Å². The molecule has 0 aliphatic carbocycles. The lowest BCUT2D eigenvalue weighted by atomic mass is 9.96. The van der Waals surface area contributed by atoms with Crippen LogP contribution in [0.1, 0.15) is 38.3 Å². The van der Waals surface area contributed by atoms with Crippen LogP contribution < -0.4 is 24.6 Å². The quantitative estimate of drug-likeness (QED) is 0.793. The van der Waals surface area contributed by atoms with Gasteiger partial charge in [0, 0.05) is 18.4 Å². The summed E-state index contributed by atoms with van der Waals surface area (Å²) in [6.45, 7) is 5.99. The fourth-order valence-electron chi connectivity index (χ4n) is 4.97. The van der Waals surface area contributed by atoms with Crippen molar-refractivity contribution < 1.29 is 24.0 Å². The molecule has 0 saturated carbocycles. The molecule has 3 aliphatic heterocycles. The highest BCUT2D eigenvalue weighted by Crippen LogP contribution is 2.37. The maximum Gasteiger partial charge on any atom is 0.283 e. The van der Waals surface area contributed by atoms with Crippen LogP contribution in [-0.2, 0) is 9.59 Å². The third-order valence-corrected chi connectivity index (χ3v) is 6.59. The van der Waals surface area contributed by atoms with Gasteiger partial charge in [-0.25, -0.2) is 0 Å². The number of amides is 2. The minimum Gasteiger partial charge on any atom is -0.486 e. The summed E-state index contributed by atoms with van der Waals surface area (Å²) in [5.74, 6) is 1.36. The molecular weight excluding hydrogens is 394 g/mol. The highest BCUT2D eigenvalue weighted by molar-refractivity contribution is 6.14. The lowest BCUT2D eigenvalue weighted by molar-refractivity contribution is -0.910. The number of ether oxygens (including phenoxy) is 2. The predicted octanol–water partition coefficient (Wildman–Crippen LogP) is 1.94. The zero-order chi connectivity index (χ0) is 21.6. The van der Waals surface area contributed by atoms with E-state index < -0.39 is 5.54 Å². The Kier molecular flexibility index (Phi) is 4.85. The summed E-state index contributed by atoms with van der Waals surface area (Å²) in [5.41, 5.74) is 1.66. The molecule has 2 N–H and O–H groups in total. The Morgan fingerprint density at radius 2 is 1.94 bits per heavy atom. The van der Waals surface area contributed by atoms with Gasteiger partial charge in [-0.05, 0) is 44.2 Å². The van der Waals surface area contributed by atoms with E-state index in [2.05, 4.69) is 17.4 Å². The van der Waals surface area contributed by atoms with Gasteiger partial charge in [0.05, 0.1) is 17.9 Å². The first-order chi connectivity index (χ1) is 14.9. The summed E-state index contributed by atoms with van der Waals surface area (Å²) < 4.78 is 11.4. The molecule has 2 aromatic carbocycles. The van der Waals surface area contributed by atoms with E-state index >= 15 is 0 Å². The number of likely N-dealkylation sites (tertiary alicyclic amines) is 1. The van der Waals surface area contributed by atoms with Gasteiger partial charge in [0.1, 0.15) is 24.8 Å². The Hall–Kier alpha value is -3.06. The van der Waals surface area contributed by atoms with Crippen molar-refractivity contribution >= 4 is 23.2 Å². The molecule has 0 spiro atoms. The monoisotopic (exact) mass is 422 g/mol. The number of hydrogen-bond acceptors (Lipinski definition) is 4. The molecule has 1 fully saturated rings. The second-order valence-corrected chi connectivity index (χ2v) is 8.94. The summed E-state index contributed by atoms with van der Waals surface area (Å²) in [7, 11) is 0. The van der Waals surface area contributed by atoms with Crippen molar-refractivity contribution in [3.8, 4) is 11.5 Å². The van der Waals surface area contributed by atoms with Gasteiger partial charge in [-0.15, -0.1) is 0 Å². The van der Waals surface area contributed by atoms with Crippen molar-refractivity contribution in [1.29, 1.82) is 0 Å². The van der Waals surface area contributed by atoms with Crippen molar-refractivity contribution in [2.24, 2.45) is 0 Å². The fourth-order valence-corrected chi connectivity index (χ4v) is 4.97. The van der Waals surface area contributed by atoms with E-state index in [1.54, 1.807) is 18.7 Å². The number of quaternary nitrogens is 1. The third kappa shape index (κ3) is 3.43. The fraction of sp³-hybridized carbons (Fsp3) is 0.417. The lowest BCUT2D eigenvalue weighted by Gasteiger charge is -2.42. The topological polar surface area (TPSA) is 72.3 Å². The van der Waals surface area contributed by atoms with Crippen LogP contribution in [0.2, 0.25) is 0 Å². The van der Waals surface area contributed by atoms with E-state index in [1.165, 1.54) is 10.5 Å². The van der Waals surface area contributed by atoms with E-state index in [-0.39, 0.29) is 17.9 Å². The first-order valence-corrected chi connectivity index (χ1v) is 10.9. The first kappa shape index (κ1) is 19.9. The van der Waals surface area contributed by atoms with Gasteiger partial charge < -0.3 is 19.7 Å². The SMILES string of the molecule is CC1(C)C(=O)Nc2ccccc2N1C(=O)C[NH+]1CCC[C@@H]1c1ccc2c(c1)OCCO2. The average molecular weight is 423 g/mol. The Bertz CT molecular complexity index is 1040. The molecule has 0 aromatic heterocycles. The second kappa shape index (κ2) is 7.57. The Labute approximate surface area is 181 Å². The number of nitrogens with zero attached hydrogens (tertiary/aromatic N) is 1. The van der Waals surface area contributed by atoms with Crippen molar-refractivity contribution in [2.75, 3.05) is 36.5 Å². The van der Waals surface area contributed by atoms with Crippen molar-refractivity contribution in [2.45, 2.75) is 38.3 Å². The Balaban J connectivity index is 1.40. The molecule has 162 valence electrons. The number of hydrogen-bond donors (Lipinski definition) is 2. The maximum absolute atomic E-state index is 13.6. The maximum atomic E-state index is 13.6. The molecule has 0 bridgehead atoms. The normalized spacial score (nSPS) is 23.8. The molecule has 7 nitrogen and oxygen atoms in total. The number of benzene rings is 2. The molecule has 31 heavy (non-hydrogen) atoms. The van der Waals surface area contributed by atoms with Gasteiger partial charge in [0.2, 0.25) is 5.91 Å². The Morgan fingerprint density at radius 3 is 2.77 bits per heavy atom. The highest BCUT2D eigenvalue weighted by atomic mass is 16.6. The van der Waals surface area contributed by atoms with Crippen LogP contribution in [0.25, 0.3) is 0 Å². The number of carbonyl (C=O) groups excluding carboxylic acids is 2. The highest BCUT2D eigenvalue weighted by Gasteiger charge is 2.45. The molecule has 2 atom stereocenters. The van der Waals surface area contributed by atoms with Crippen molar-refractivity contribution in [3.63, 3.8) is 0 Å². The molecule has 5 rings (SSSR count). The first-order valence-electron chi connectivity index (χ1n) is 10.9. The lowest BCUT2D eigenvalue weighted by Crippen LogP contribution is -3.11. The summed E-state index contributed by atoms with van der Waals surface area (Å²) in [6.07, 6.45) is 2.07. The largest absolute Gasteiger partial charge is 0.486 e. The van der Waals surface area contributed by atoms with E-state index in [0.29, 0.717) is 25.4 Å². The van der Waals surface area contributed by atoms with Crippen LogP contribution in [0.3, 0.4) is 0 Å². The number of nitrogens with one attached hydrogen (secondary N) is 2.